The van der Waals surface area contributed by atoms with Crippen molar-refractivity contribution >= 4 is 5.91 Å². The largest absolute Gasteiger partial charge is 0.353 e. The fraction of sp³-hybridized carbons (Fsp3) is 0.818. The van der Waals surface area contributed by atoms with E-state index in [4.69, 9.17) is 5.26 Å². The van der Waals surface area contributed by atoms with Gasteiger partial charge in [-0.3, -0.25) is 4.79 Å². The lowest BCUT2D eigenvalue weighted by molar-refractivity contribution is -0.122. The normalized spacial score (nSPS) is 18.9. The second-order valence-electron chi connectivity index (χ2n) is 4.19. The molecule has 1 aliphatic rings. The fourth-order valence-corrected chi connectivity index (χ4v) is 2.00. The van der Waals surface area contributed by atoms with E-state index >= 15 is 0 Å². The second kappa shape index (κ2) is 5.64. The van der Waals surface area contributed by atoms with Gasteiger partial charge in [0.1, 0.15) is 0 Å². The van der Waals surface area contributed by atoms with Crippen molar-refractivity contribution in [3.05, 3.63) is 0 Å². The number of carbonyl (C=O) groups is 1. The van der Waals surface area contributed by atoms with Gasteiger partial charge < -0.3 is 5.32 Å². The Morgan fingerprint density at radius 3 is 2.79 bits per heavy atom. The van der Waals surface area contributed by atoms with Gasteiger partial charge in [-0.15, -0.1) is 0 Å². The monoisotopic (exact) mass is 194 g/mol. The Balaban J connectivity index is 2.18. The molecule has 1 aliphatic carbocycles. The number of nitriles is 1. The molecule has 0 aromatic carbocycles. The first-order valence-corrected chi connectivity index (χ1v) is 5.38. The SMILES string of the molecule is CC(CC#N)NC(=O)CC1CCCC1. The summed E-state index contributed by atoms with van der Waals surface area (Å²) in [6.07, 6.45) is 5.98. The van der Waals surface area contributed by atoms with Gasteiger partial charge in [-0.25, -0.2) is 0 Å². The van der Waals surface area contributed by atoms with Crippen molar-refractivity contribution in [2.24, 2.45) is 5.92 Å². The number of carbonyl (C=O) groups excluding carboxylic acids is 1. The van der Waals surface area contributed by atoms with Gasteiger partial charge in [0.15, 0.2) is 0 Å². The maximum atomic E-state index is 11.5. The van der Waals surface area contributed by atoms with E-state index in [9.17, 15) is 4.79 Å². The maximum Gasteiger partial charge on any atom is 0.220 e. The molecule has 1 amide bonds. The Morgan fingerprint density at radius 2 is 2.21 bits per heavy atom. The van der Waals surface area contributed by atoms with Crippen LogP contribution in [0.25, 0.3) is 0 Å². The van der Waals surface area contributed by atoms with Crippen LogP contribution in [0.4, 0.5) is 0 Å². The van der Waals surface area contributed by atoms with E-state index in [0.717, 1.165) is 0 Å². The van der Waals surface area contributed by atoms with Gasteiger partial charge in [0.05, 0.1) is 12.5 Å². The molecule has 1 N–H and O–H groups in total. The quantitative estimate of drug-likeness (QED) is 0.744. The minimum atomic E-state index is -0.00565. The number of amides is 1. The molecule has 0 bridgehead atoms. The maximum absolute atomic E-state index is 11.5. The van der Waals surface area contributed by atoms with Crippen molar-refractivity contribution in [2.75, 3.05) is 0 Å². The Labute approximate surface area is 85.5 Å². The third-order valence-electron chi connectivity index (χ3n) is 2.75. The molecule has 1 saturated carbocycles. The lowest BCUT2D eigenvalue weighted by Gasteiger charge is -2.12. The van der Waals surface area contributed by atoms with Crippen LogP contribution < -0.4 is 5.32 Å². The van der Waals surface area contributed by atoms with Crippen LogP contribution in [0.5, 0.6) is 0 Å². The minimum absolute atomic E-state index is 0.00565. The average molecular weight is 194 g/mol. The zero-order valence-corrected chi connectivity index (χ0v) is 8.75. The van der Waals surface area contributed by atoms with Gasteiger partial charge >= 0.3 is 0 Å². The van der Waals surface area contributed by atoms with Crippen LogP contribution in [0.15, 0.2) is 0 Å². The number of hydrogen-bond acceptors (Lipinski definition) is 2. The number of rotatable bonds is 4. The van der Waals surface area contributed by atoms with Crippen LogP contribution in [-0.2, 0) is 4.79 Å². The summed E-state index contributed by atoms with van der Waals surface area (Å²) < 4.78 is 0. The van der Waals surface area contributed by atoms with E-state index in [1.165, 1.54) is 25.7 Å². The standard InChI is InChI=1S/C11H18N2O/c1-9(6-7-12)13-11(14)8-10-4-2-3-5-10/h9-10H,2-6,8H2,1H3,(H,13,14). The number of nitrogens with zero attached hydrogens (tertiary/aromatic N) is 1. The molecule has 0 aromatic rings. The minimum Gasteiger partial charge on any atom is -0.353 e. The molecule has 1 atom stereocenters. The summed E-state index contributed by atoms with van der Waals surface area (Å²) in [6, 6.07) is 2.05. The van der Waals surface area contributed by atoms with Gasteiger partial charge in [-0.1, -0.05) is 12.8 Å². The Kier molecular flexibility index (Phi) is 4.45. The molecule has 0 aromatic heterocycles. The van der Waals surface area contributed by atoms with Crippen molar-refractivity contribution in [1.29, 1.82) is 5.26 Å². The van der Waals surface area contributed by atoms with Gasteiger partial charge in [0.2, 0.25) is 5.91 Å². The van der Waals surface area contributed by atoms with Gasteiger partial charge in [0.25, 0.3) is 0 Å². The molecule has 14 heavy (non-hydrogen) atoms. The van der Waals surface area contributed by atoms with Crippen LogP contribution in [0.3, 0.4) is 0 Å². The molecule has 0 heterocycles. The predicted molar refractivity (Wildman–Crippen MR) is 54.4 cm³/mol. The summed E-state index contributed by atoms with van der Waals surface area (Å²) in [5.74, 6) is 0.698. The summed E-state index contributed by atoms with van der Waals surface area (Å²) in [5, 5.41) is 11.3. The van der Waals surface area contributed by atoms with E-state index in [1.807, 2.05) is 6.92 Å². The topological polar surface area (TPSA) is 52.9 Å². The summed E-state index contributed by atoms with van der Waals surface area (Å²) >= 11 is 0. The zero-order chi connectivity index (χ0) is 10.4. The summed E-state index contributed by atoms with van der Waals surface area (Å²) in [5.41, 5.74) is 0. The molecule has 0 spiro atoms. The van der Waals surface area contributed by atoms with Crippen LogP contribution in [0.1, 0.15) is 45.4 Å². The summed E-state index contributed by atoms with van der Waals surface area (Å²) in [7, 11) is 0. The van der Waals surface area contributed by atoms with Crippen molar-refractivity contribution in [3.8, 4) is 6.07 Å². The first-order chi connectivity index (χ1) is 6.72. The Morgan fingerprint density at radius 1 is 1.57 bits per heavy atom. The highest BCUT2D eigenvalue weighted by Gasteiger charge is 2.18. The average Bonchev–Trinajstić information content (AvgIpc) is 2.56. The van der Waals surface area contributed by atoms with Crippen LogP contribution in [-0.4, -0.2) is 11.9 Å². The van der Waals surface area contributed by atoms with E-state index in [0.29, 0.717) is 18.8 Å². The third-order valence-corrected chi connectivity index (χ3v) is 2.75. The van der Waals surface area contributed by atoms with Crippen LogP contribution >= 0.6 is 0 Å². The van der Waals surface area contributed by atoms with E-state index in [2.05, 4.69) is 11.4 Å². The highest BCUT2D eigenvalue weighted by atomic mass is 16.1. The molecule has 0 aliphatic heterocycles. The number of nitrogens with one attached hydrogen (secondary N) is 1. The molecular formula is C11H18N2O. The van der Waals surface area contributed by atoms with Crippen molar-refractivity contribution < 1.29 is 4.79 Å². The highest BCUT2D eigenvalue weighted by Crippen LogP contribution is 2.27. The molecule has 0 radical (unpaired) electrons. The fourth-order valence-electron chi connectivity index (χ4n) is 2.00. The van der Waals surface area contributed by atoms with Gasteiger partial charge in [-0.2, -0.15) is 5.26 Å². The van der Waals surface area contributed by atoms with E-state index in [-0.39, 0.29) is 11.9 Å². The van der Waals surface area contributed by atoms with Gasteiger partial charge in [0, 0.05) is 12.5 Å². The van der Waals surface area contributed by atoms with E-state index in [1.54, 1.807) is 0 Å². The summed E-state index contributed by atoms with van der Waals surface area (Å²) in [6.45, 7) is 1.87. The lowest BCUT2D eigenvalue weighted by atomic mass is 10.0. The summed E-state index contributed by atoms with van der Waals surface area (Å²) in [4.78, 5) is 11.5. The van der Waals surface area contributed by atoms with Crippen molar-refractivity contribution in [1.82, 2.24) is 5.32 Å². The molecule has 1 unspecified atom stereocenters. The zero-order valence-electron chi connectivity index (χ0n) is 8.75. The Hall–Kier alpha value is -1.04. The molecule has 1 fully saturated rings. The first-order valence-electron chi connectivity index (χ1n) is 5.38. The molecule has 3 nitrogen and oxygen atoms in total. The number of hydrogen-bond donors (Lipinski definition) is 1. The van der Waals surface area contributed by atoms with Crippen LogP contribution in [0.2, 0.25) is 0 Å². The second-order valence-corrected chi connectivity index (χ2v) is 4.19. The van der Waals surface area contributed by atoms with Crippen molar-refractivity contribution in [2.45, 2.75) is 51.5 Å². The third kappa shape index (κ3) is 3.78. The predicted octanol–water partition coefficient (Wildman–Crippen LogP) is 1.99. The van der Waals surface area contributed by atoms with Gasteiger partial charge in [-0.05, 0) is 25.7 Å². The smallest absolute Gasteiger partial charge is 0.220 e. The first kappa shape index (κ1) is 11.0. The van der Waals surface area contributed by atoms with Crippen molar-refractivity contribution in [3.63, 3.8) is 0 Å². The molecule has 3 heteroatoms. The van der Waals surface area contributed by atoms with E-state index < -0.39 is 0 Å². The van der Waals surface area contributed by atoms with Crippen LogP contribution in [0, 0.1) is 17.2 Å². The lowest BCUT2D eigenvalue weighted by Crippen LogP contribution is -2.33. The molecular weight excluding hydrogens is 176 g/mol. The molecule has 78 valence electrons. The molecule has 0 saturated heterocycles. The highest BCUT2D eigenvalue weighted by molar-refractivity contribution is 5.76. The Bertz CT molecular complexity index is 226. The molecule has 1 rings (SSSR count).